The lowest BCUT2D eigenvalue weighted by atomic mass is 10.0. The largest absolute Gasteiger partial charge is 0.351 e. The van der Waals surface area contributed by atoms with Crippen molar-refractivity contribution in [2.75, 3.05) is 11.9 Å². The molecule has 21 heavy (non-hydrogen) atoms. The summed E-state index contributed by atoms with van der Waals surface area (Å²) >= 11 is 0. The van der Waals surface area contributed by atoms with Crippen molar-refractivity contribution in [3.05, 3.63) is 29.8 Å². The van der Waals surface area contributed by atoms with Crippen LogP contribution in [-0.4, -0.2) is 24.5 Å². The van der Waals surface area contributed by atoms with E-state index in [1.165, 1.54) is 0 Å². The summed E-state index contributed by atoms with van der Waals surface area (Å²) in [6.07, 6.45) is 3.11. The number of piperidine rings is 1. The molecule has 0 aromatic heterocycles. The summed E-state index contributed by atoms with van der Waals surface area (Å²) in [6.45, 7) is 2.84. The Morgan fingerprint density at radius 2 is 2.00 bits per heavy atom. The molecule has 1 fully saturated rings. The second-order valence-corrected chi connectivity index (χ2v) is 5.34. The fourth-order valence-corrected chi connectivity index (χ4v) is 2.47. The van der Waals surface area contributed by atoms with Gasteiger partial charge in [-0.3, -0.25) is 4.79 Å². The first-order valence-electron chi connectivity index (χ1n) is 7.26. The third-order valence-electron chi connectivity index (χ3n) is 3.66. The number of carbonyl (C=O) groups excluding carboxylic acids is 2. The number of hydrogen-bond donors (Lipinski definition) is 4. The summed E-state index contributed by atoms with van der Waals surface area (Å²) in [5.41, 5.74) is 6.68. The summed E-state index contributed by atoms with van der Waals surface area (Å²) in [5, 5.41) is 8.75. The number of amides is 3. The van der Waals surface area contributed by atoms with Crippen LogP contribution in [0, 0.1) is 0 Å². The van der Waals surface area contributed by atoms with Gasteiger partial charge >= 0.3 is 6.03 Å². The van der Waals surface area contributed by atoms with Crippen molar-refractivity contribution >= 4 is 17.6 Å². The maximum Gasteiger partial charge on any atom is 0.316 e. The minimum atomic E-state index is -0.590. The molecular weight excluding hydrogens is 268 g/mol. The third kappa shape index (κ3) is 4.46. The van der Waals surface area contributed by atoms with Crippen LogP contribution in [0.3, 0.4) is 0 Å². The smallest absolute Gasteiger partial charge is 0.316 e. The van der Waals surface area contributed by atoms with Crippen molar-refractivity contribution in [1.29, 1.82) is 0 Å². The fraction of sp³-hybridized carbons (Fsp3) is 0.467. The highest BCUT2D eigenvalue weighted by Gasteiger charge is 2.21. The van der Waals surface area contributed by atoms with Crippen LogP contribution in [0.5, 0.6) is 0 Å². The van der Waals surface area contributed by atoms with Crippen molar-refractivity contribution in [2.24, 2.45) is 5.73 Å². The van der Waals surface area contributed by atoms with Crippen LogP contribution in [-0.2, 0) is 4.79 Å². The first-order valence-corrected chi connectivity index (χ1v) is 7.26. The zero-order valence-corrected chi connectivity index (χ0v) is 12.2. The van der Waals surface area contributed by atoms with E-state index < -0.39 is 6.03 Å². The zero-order chi connectivity index (χ0) is 15.2. The molecular formula is C15H22N4O2. The molecule has 1 saturated heterocycles. The summed E-state index contributed by atoms with van der Waals surface area (Å²) in [5.74, 6) is 0.0431. The lowest BCUT2D eigenvalue weighted by Crippen LogP contribution is -2.47. The molecule has 0 aliphatic carbocycles. The van der Waals surface area contributed by atoms with Gasteiger partial charge in [0, 0.05) is 5.69 Å². The van der Waals surface area contributed by atoms with Crippen LogP contribution in [0.2, 0.25) is 0 Å². The van der Waals surface area contributed by atoms with Crippen molar-refractivity contribution in [1.82, 2.24) is 10.6 Å². The van der Waals surface area contributed by atoms with E-state index in [9.17, 15) is 9.59 Å². The maximum absolute atomic E-state index is 12.1. The molecule has 3 amide bonds. The van der Waals surface area contributed by atoms with E-state index in [2.05, 4.69) is 16.0 Å². The van der Waals surface area contributed by atoms with Gasteiger partial charge in [-0.2, -0.15) is 0 Å². The normalized spacial score (nSPS) is 19.6. The first-order chi connectivity index (χ1) is 10.1. The molecule has 1 heterocycles. The maximum atomic E-state index is 12.1. The molecule has 114 valence electrons. The number of primary amides is 1. The number of carbonyl (C=O) groups is 2. The molecule has 5 N–H and O–H groups in total. The molecule has 1 aromatic carbocycles. The van der Waals surface area contributed by atoms with E-state index in [0.29, 0.717) is 5.69 Å². The van der Waals surface area contributed by atoms with Crippen LogP contribution < -0.4 is 21.7 Å². The van der Waals surface area contributed by atoms with E-state index in [0.717, 1.165) is 31.4 Å². The third-order valence-corrected chi connectivity index (χ3v) is 3.66. The van der Waals surface area contributed by atoms with Gasteiger partial charge in [0.2, 0.25) is 5.91 Å². The summed E-state index contributed by atoms with van der Waals surface area (Å²) in [4.78, 5) is 22.9. The second kappa shape index (κ2) is 7.08. The molecule has 0 bridgehead atoms. The second-order valence-electron chi connectivity index (χ2n) is 5.34. The Hall–Kier alpha value is -2.08. The minimum Gasteiger partial charge on any atom is -0.351 e. The highest BCUT2D eigenvalue weighted by molar-refractivity contribution is 5.87. The van der Waals surface area contributed by atoms with E-state index in [4.69, 9.17) is 5.73 Å². The minimum absolute atomic E-state index is 0.0431. The van der Waals surface area contributed by atoms with Crippen LogP contribution in [0.4, 0.5) is 10.5 Å². The number of benzene rings is 1. The molecule has 2 unspecified atom stereocenters. The predicted octanol–water partition coefficient (Wildman–Crippen LogP) is 1.50. The van der Waals surface area contributed by atoms with Gasteiger partial charge < -0.3 is 21.7 Å². The average molecular weight is 290 g/mol. The first kappa shape index (κ1) is 15.3. The van der Waals surface area contributed by atoms with Gasteiger partial charge in [0.1, 0.15) is 0 Å². The molecule has 2 atom stereocenters. The molecule has 6 heteroatoms. The predicted molar refractivity (Wildman–Crippen MR) is 81.8 cm³/mol. The monoisotopic (exact) mass is 290 g/mol. The molecule has 1 aromatic rings. The SMILES string of the molecule is CC(NC(=O)C1CCCCN1)c1ccc(NC(N)=O)cc1. The molecule has 1 aliphatic heterocycles. The summed E-state index contributed by atoms with van der Waals surface area (Å²) in [7, 11) is 0. The van der Waals surface area contributed by atoms with E-state index >= 15 is 0 Å². The van der Waals surface area contributed by atoms with Gasteiger partial charge in [-0.1, -0.05) is 18.6 Å². The Morgan fingerprint density at radius 3 is 2.57 bits per heavy atom. The molecule has 0 spiro atoms. The highest BCUT2D eigenvalue weighted by atomic mass is 16.2. The molecule has 2 rings (SSSR count). The standard InChI is InChI=1S/C15H22N4O2/c1-10(18-14(20)13-4-2-3-9-17-13)11-5-7-12(8-6-11)19-15(16)21/h5-8,10,13,17H,2-4,9H2,1H3,(H,18,20)(H3,16,19,21). The molecule has 0 radical (unpaired) electrons. The van der Waals surface area contributed by atoms with Gasteiger partial charge in [-0.05, 0) is 44.0 Å². The van der Waals surface area contributed by atoms with Gasteiger partial charge in [0.05, 0.1) is 12.1 Å². The van der Waals surface area contributed by atoms with E-state index in [1.54, 1.807) is 12.1 Å². The molecule has 1 aliphatic rings. The van der Waals surface area contributed by atoms with Gasteiger partial charge in [-0.15, -0.1) is 0 Å². The fourth-order valence-electron chi connectivity index (χ4n) is 2.47. The highest BCUT2D eigenvalue weighted by Crippen LogP contribution is 2.17. The van der Waals surface area contributed by atoms with Crippen LogP contribution in [0.15, 0.2) is 24.3 Å². The number of nitrogens with two attached hydrogens (primary N) is 1. The van der Waals surface area contributed by atoms with Crippen molar-refractivity contribution in [3.8, 4) is 0 Å². The lowest BCUT2D eigenvalue weighted by Gasteiger charge is -2.24. The summed E-state index contributed by atoms with van der Waals surface area (Å²) in [6, 6.07) is 6.51. The van der Waals surface area contributed by atoms with Gasteiger partial charge in [-0.25, -0.2) is 4.79 Å². The van der Waals surface area contributed by atoms with Crippen molar-refractivity contribution in [3.63, 3.8) is 0 Å². The molecule has 0 saturated carbocycles. The Morgan fingerprint density at radius 1 is 1.29 bits per heavy atom. The Bertz CT molecular complexity index is 495. The zero-order valence-electron chi connectivity index (χ0n) is 12.2. The summed E-state index contributed by atoms with van der Waals surface area (Å²) < 4.78 is 0. The Kier molecular flexibility index (Phi) is 5.16. The average Bonchev–Trinajstić information content (AvgIpc) is 2.48. The van der Waals surface area contributed by atoms with Gasteiger partial charge in [0.25, 0.3) is 0 Å². The van der Waals surface area contributed by atoms with Crippen LogP contribution >= 0.6 is 0 Å². The number of urea groups is 1. The quantitative estimate of drug-likeness (QED) is 0.676. The number of nitrogens with one attached hydrogen (secondary N) is 3. The van der Waals surface area contributed by atoms with Crippen molar-refractivity contribution < 1.29 is 9.59 Å². The van der Waals surface area contributed by atoms with Gasteiger partial charge in [0.15, 0.2) is 0 Å². The topological polar surface area (TPSA) is 96.2 Å². The van der Waals surface area contributed by atoms with Crippen LogP contribution in [0.25, 0.3) is 0 Å². The Balaban J connectivity index is 1.91. The van der Waals surface area contributed by atoms with E-state index in [1.807, 2.05) is 19.1 Å². The number of hydrogen-bond acceptors (Lipinski definition) is 3. The lowest BCUT2D eigenvalue weighted by molar-refractivity contribution is -0.124. The molecule has 6 nitrogen and oxygen atoms in total. The van der Waals surface area contributed by atoms with Crippen molar-refractivity contribution in [2.45, 2.75) is 38.3 Å². The number of anilines is 1. The van der Waals surface area contributed by atoms with E-state index in [-0.39, 0.29) is 18.0 Å². The number of rotatable bonds is 4. The van der Waals surface area contributed by atoms with Crippen LogP contribution in [0.1, 0.15) is 37.8 Å². The Labute approximate surface area is 124 Å².